The molecule has 2 aromatic rings. The number of carbonyl (C=O) groups is 1. The van der Waals surface area contributed by atoms with Crippen molar-refractivity contribution in [3.05, 3.63) is 22.5 Å². The predicted molar refractivity (Wildman–Crippen MR) is 80.0 cm³/mol. The first kappa shape index (κ1) is 13.6. The van der Waals surface area contributed by atoms with Crippen LogP contribution in [0, 0.1) is 13.8 Å². The number of amides is 1. The molecule has 1 fully saturated rings. The van der Waals surface area contributed by atoms with Crippen LogP contribution in [0.3, 0.4) is 0 Å². The quantitative estimate of drug-likeness (QED) is 0.798. The summed E-state index contributed by atoms with van der Waals surface area (Å²) in [5, 5.41) is 8.46. The van der Waals surface area contributed by atoms with Crippen LogP contribution < -0.4 is 10.6 Å². The maximum absolute atomic E-state index is 11.6. The third kappa shape index (κ3) is 2.86. The first-order valence-corrected chi connectivity index (χ1v) is 7.95. The van der Waals surface area contributed by atoms with Crippen LogP contribution in [0.5, 0.6) is 0 Å². The van der Waals surface area contributed by atoms with Gasteiger partial charge in [-0.1, -0.05) is 0 Å². The van der Waals surface area contributed by atoms with E-state index in [1.165, 1.54) is 11.4 Å². The van der Waals surface area contributed by atoms with Crippen LogP contribution in [0.1, 0.15) is 36.3 Å². The summed E-state index contributed by atoms with van der Waals surface area (Å²) < 4.78 is 2.19. The molecule has 2 aromatic heterocycles. The molecule has 1 aliphatic rings. The number of aryl methyl sites for hydroxylation is 2. The SMILES string of the molecule is Cc1nc2scc(C)n2c1CNCCC(=O)NC1CC1. The van der Waals surface area contributed by atoms with Gasteiger partial charge in [0.05, 0.1) is 11.4 Å². The van der Waals surface area contributed by atoms with Crippen LogP contribution >= 0.6 is 11.3 Å². The van der Waals surface area contributed by atoms with Gasteiger partial charge in [0.1, 0.15) is 0 Å². The van der Waals surface area contributed by atoms with Crippen molar-refractivity contribution >= 4 is 22.2 Å². The van der Waals surface area contributed by atoms with E-state index in [-0.39, 0.29) is 5.91 Å². The summed E-state index contributed by atoms with van der Waals surface area (Å²) >= 11 is 1.67. The Morgan fingerprint density at radius 3 is 3.05 bits per heavy atom. The number of aromatic nitrogens is 2. The summed E-state index contributed by atoms with van der Waals surface area (Å²) in [5.74, 6) is 0.155. The second-order valence-corrected chi connectivity index (χ2v) is 6.24. The van der Waals surface area contributed by atoms with Crippen LogP contribution in [-0.2, 0) is 11.3 Å². The van der Waals surface area contributed by atoms with Gasteiger partial charge in [0, 0.05) is 36.6 Å². The summed E-state index contributed by atoms with van der Waals surface area (Å²) in [7, 11) is 0. The molecule has 0 radical (unpaired) electrons. The Balaban J connectivity index is 1.52. The van der Waals surface area contributed by atoms with Crippen LogP contribution in [0.25, 0.3) is 4.96 Å². The van der Waals surface area contributed by atoms with Crippen LogP contribution in [-0.4, -0.2) is 27.9 Å². The molecule has 0 saturated heterocycles. The summed E-state index contributed by atoms with van der Waals surface area (Å²) in [5.41, 5.74) is 3.48. The van der Waals surface area contributed by atoms with Gasteiger partial charge in [0.25, 0.3) is 0 Å². The van der Waals surface area contributed by atoms with Gasteiger partial charge in [0.2, 0.25) is 5.91 Å². The monoisotopic (exact) mass is 292 g/mol. The Labute approximate surface area is 122 Å². The lowest BCUT2D eigenvalue weighted by Gasteiger charge is -2.06. The van der Waals surface area contributed by atoms with Gasteiger partial charge in [0.15, 0.2) is 4.96 Å². The van der Waals surface area contributed by atoms with Gasteiger partial charge >= 0.3 is 0 Å². The number of nitrogens with one attached hydrogen (secondary N) is 2. The maximum atomic E-state index is 11.6. The van der Waals surface area contributed by atoms with E-state index in [0.29, 0.717) is 19.0 Å². The number of thiazole rings is 1. The predicted octanol–water partition coefficient (Wildman–Crippen LogP) is 1.77. The minimum atomic E-state index is 0.155. The molecule has 5 nitrogen and oxygen atoms in total. The van der Waals surface area contributed by atoms with E-state index in [1.807, 2.05) is 6.92 Å². The van der Waals surface area contributed by atoms with Crippen molar-refractivity contribution in [1.82, 2.24) is 20.0 Å². The molecule has 0 unspecified atom stereocenters. The largest absolute Gasteiger partial charge is 0.353 e. The molecule has 2 heterocycles. The minimum absolute atomic E-state index is 0.155. The van der Waals surface area contributed by atoms with Crippen molar-refractivity contribution in [2.75, 3.05) is 6.54 Å². The molecule has 6 heteroatoms. The molecule has 0 bridgehead atoms. The van der Waals surface area contributed by atoms with Gasteiger partial charge in [-0.15, -0.1) is 11.3 Å². The highest BCUT2D eigenvalue weighted by Gasteiger charge is 2.22. The zero-order chi connectivity index (χ0) is 14.1. The van der Waals surface area contributed by atoms with Gasteiger partial charge < -0.3 is 10.6 Å². The molecule has 1 amide bonds. The first-order chi connectivity index (χ1) is 9.65. The number of rotatable bonds is 6. The topological polar surface area (TPSA) is 58.4 Å². The number of hydrogen-bond acceptors (Lipinski definition) is 4. The van der Waals surface area contributed by atoms with Crippen LogP contribution in [0.15, 0.2) is 5.38 Å². The number of nitrogens with zero attached hydrogens (tertiary/aromatic N) is 2. The molecule has 3 rings (SSSR count). The van der Waals surface area contributed by atoms with Crippen LogP contribution in [0.2, 0.25) is 0 Å². The Kier molecular flexibility index (Phi) is 3.76. The van der Waals surface area contributed by atoms with Gasteiger partial charge in [-0.25, -0.2) is 4.98 Å². The highest BCUT2D eigenvalue weighted by atomic mass is 32.1. The lowest BCUT2D eigenvalue weighted by Crippen LogP contribution is -2.29. The fourth-order valence-electron chi connectivity index (χ4n) is 2.31. The third-order valence-corrected chi connectivity index (χ3v) is 4.54. The van der Waals surface area contributed by atoms with Crippen molar-refractivity contribution < 1.29 is 4.79 Å². The molecule has 2 N–H and O–H groups in total. The number of fused-ring (bicyclic) bond motifs is 1. The molecule has 1 aliphatic carbocycles. The Morgan fingerprint density at radius 2 is 2.30 bits per heavy atom. The molecule has 0 aromatic carbocycles. The van der Waals surface area contributed by atoms with Gasteiger partial charge in [-0.3, -0.25) is 9.20 Å². The fourth-order valence-corrected chi connectivity index (χ4v) is 3.24. The van der Waals surface area contributed by atoms with E-state index in [9.17, 15) is 4.79 Å². The normalized spacial score (nSPS) is 14.9. The highest BCUT2D eigenvalue weighted by Crippen LogP contribution is 2.20. The van der Waals surface area contributed by atoms with Crippen molar-refractivity contribution in [2.45, 2.75) is 45.7 Å². The molecule has 0 aliphatic heterocycles. The van der Waals surface area contributed by atoms with E-state index in [2.05, 4.69) is 32.3 Å². The Morgan fingerprint density at radius 1 is 1.50 bits per heavy atom. The molecule has 0 atom stereocenters. The second-order valence-electron chi connectivity index (χ2n) is 5.41. The van der Waals surface area contributed by atoms with E-state index in [4.69, 9.17) is 0 Å². The maximum Gasteiger partial charge on any atom is 0.221 e. The summed E-state index contributed by atoms with van der Waals surface area (Å²) in [6.45, 7) is 5.59. The number of carbonyl (C=O) groups excluding carboxylic acids is 1. The fraction of sp³-hybridized carbons (Fsp3) is 0.571. The standard InChI is InChI=1S/C14H20N4OS/c1-9-8-20-14-16-10(2)12(18(9)14)7-15-6-5-13(19)17-11-3-4-11/h8,11,15H,3-7H2,1-2H3,(H,17,19). The van der Waals surface area contributed by atoms with E-state index < -0.39 is 0 Å². The van der Waals surface area contributed by atoms with E-state index in [1.54, 1.807) is 11.3 Å². The summed E-state index contributed by atoms with van der Waals surface area (Å²) in [4.78, 5) is 17.2. The van der Waals surface area contributed by atoms with Crippen LogP contribution in [0.4, 0.5) is 0 Å². The highest BCUT2D eigenvalue weighted by molar-refractivity contribution is 7.15. The smallest absolute Gasteiger partial charge is 0.221 e. The Bertz CT molecular complexity index is 626. The van der Waals surface area contributed by atoms with E-state index >= 15 is 0 Å². The van der Waals surface area contributed by atoms with E-state index in [0.717, 1.165) is 30.0 Å². The number of imidazole rings is 1. The average Bonchev–Trinajstić information content (AvgIpc) is 3.06. The van der Waals surface area contributed by atoms with Crippen molar-refractivity contribution in [2.24, 2.45) is 0 Å². The van der Waals surface area contributed by atoms with Crippen molar-refractivity contribution in [3.8, 4) is 0 Å². The zero-order valence-corrected chi connectivity index (χ0v) is 12.7. The van der Waals surface area contributed by atoms with Crippen molar-refractivity contribution in [1.29, 1.82) is 0 Å². The lowest BCUT2D eigenvalue weighted by atomic mass is 10.3. The molecule has 20 heavy (non-hydrogen) atoms. The second kappa shape index (κ2) is 5.54. The lowest BCUT2D eigenvalue weighted by molar-refractivity contribution is -0.121. The average molecular weight is 292 g/mol. The molecule has 0 spiro atoms. The molecular formula is C14H20N4OS. The first-order valence-electron chi connectivity index (χ1n) is 7.07. The van der Waals surface area contributed by atoms with Gasteiger partial charge in [-0.2, -0.15) is 0 Å². The molecular weight excluding hydrogens is 272 g/mol. The summed E-state index contributed by atoms with van der Waals surface area (Å²) in [6.07, 6.45) is 2.83. The third-order valence-electron chi connectivity index (χ3n) is 3.59. The van der Waals surface area contributed by atoms with Crippen molar-refractivity contribution in [3.63, 3.8) is 0 Å². The minimum Gasteiger partial charge on any atom is -0.353 e. The van der Waals surface area contributed by atoms with Gasteiger partial charge in [-0.05, 0) is 26.7 Å². The zero-order valence-electron chi connectivity index (χ0n) is 11.9. The number of hydrogen-bond donors (Lipinski definition) is 2. The summed E-state index contributed by atoms with van der Waals surface area (Å²) in [6, 6.07) is 0.452. The molecule has 108 valence electrons. The molecule has 1 saturated carbocycles. The Hall–Kier alpha value is -1.40.